The van der Waals surface area contributed by atoms with E-state index in [0.717, 1.165) is 27.7 Å². The van der Waals surface area contributed by atoms with Gasteiger partial charge in [0.1, 0.15) is 19.3 Å². The van der Waals surface area contributed by atoms with Crippen LogP contribution in [-0.2, 0) is 61.9 Å². The van der Waals surface area contributed by atoms with Gasteiger partial charge in [0, 0.05) is 27.7 Å². The van der Waals surface area contributed by atoms with Crippen molar-refractivity contribution in [2.24, 2.45) is 0 Å². The Bertz CT molecular complexity index is 838. The standard InChI is InChI=1S/C22H29BrO13/c1-7-9-30-21(16(23)20(28)29-8-2)36-22-19(34-14(6)27)18(33-13(5)26)17(32-12(4)25)15(35-22)10-31-11(3)24/h1,15-19,21-22H,8-10H2,2-6H3/t15-,16-,17-,18+,19-,21-,22+/m1/s1. The summed E-state index contributed by atoms with van der Waals surface area (Å²) in [5.41, 5.74) is 0. The fourth-order valence-electron chi connectivity index (χ4n) is 3.09. The largest absolute Gasteiger partial charge is 0.465 e. The molecule has 13 nitrogen and oxygen atoms in total. The molecule has 1 aliphatic rings. The predicted molar refractivity (Wildman–Crippen MR) is 121 cm³/mol. The van der Waals surface area contributed by atoms with Crippen molar-refractivity contribution in [3.63, 3.8) is 0 Å². The number of alkyl halides is 1. The molecule has 0 saturated carbocycles. The van der Waals surface area contributed by atoms with Crippen molar-refractivity contribution in [1.29, 1.82) is 0 Å². The van der Waals surface area contributed by atoms with E-state index in [0.29, 0.717) is 0 Å². The Morgan fingerprint density at radius 1 is 0.889 bits per heavy atom. The maximum absolute atomic E-state index is 12.3. The van der Waals surface area contributed by atoms with Crippen molar-refractivity contribution in [3.05, 3.63) is 0 Å². The molecule has 0 aliphatic carbocycles. The summed E-state index contributed by atoms with van der Waals surface area (Å²) < 4.78 is 42.9. The first-order chi connectivity index (χ1) is 16.9. The number of hydrogen-bond acceptors (Lipinski definition) is 13. The Morgan fingerprint density at radius 2 is 1.44 bits per heavy atom. The zero-order valence-corrected chi connectivity index (χ0v) is 22.0. The van der Waals surface area contributed by atoms with Crippen molar-refractivity contribution >= 4 is 45.8 Å². The number of halogens is 1. The molecule has 0 aromatic rings. The second kappa shape index (κ2) is 15.4. The average Bonchev–Trinajstić information content (AvgIpc) is 2.77. The van der Waals surface area contributed by atoms with Crippen molar-refractivity contribution < 1.29 is 61.9 Å². The highest BCUT2D eigenvalue weighted by atomic mass is 79.9. The molecule has 0 bridgehead atoms. The van der Waals surface area contributed by atoms with Crippen LogP contribution in [0.3, 0.4) is 0 Å². The molecule has 0 unspecified atom stereocenters. The third-order valence-electron chi connectivity index (χ3n) is 4.30. The van der Waals surface area contributed by atoms with E-state index in [4.69, 9.17) is 44.3 Å². The van der Waals surface area contributed by atoms with Gasteiger partial charge in [0.05, 0.1) is 6.61 Å². The first-order valence-electron chi connectivity index (χ1n) is 10.7. The van der Waals surface area contributed by atoms with Gasteiger partial charge in [0.25, 0.3) is 0 Å². The van der Waals surface area contributed by atoms with Crippen LogP contribution in [0.25, 0.3) is 0 Å². The molecule has 1 saturated heterocycles. The van der Waals surface area contributed by atoms with E-state index in [1.165, 1.54) is 0 Å². The minimum Gasteiger partial charge on any atom is -0.465 e. The third kappa shape index (κ3) is 10.1. The van der Waals surface area contributed by atoms with Crippen LogP contribution >= 0.6 is 15.9 Å². The monoisotopic (exact) mass is 580 g/mol. The van der Waals surface area contributed by atoms with Crippen LogP contribution in [0.5, 0.6) is 0 Å². The first kappa shape index (κ1) is 31.3. The smallest absolute Gasteiger partial charge is 0.324 e. The van der Waals surface area contributed by atoms with E-state index < -0.39 is 78.3 Å². The quantitative estimate of drug-likeness (QED) is 0.103. The number of ether oxygens (including phenoxy) is 8. The molecule has 0 amide bonds. The summed E-state index contributed by atoms with van der Waals surface area (Å²) in [6, 6.07) is 0. The number of carbonyl (C=O) groups is 5. The summed E-state index contributed by atoms with van der Waals surface area (Å²) in [5.74, 6) is -1.64. The third-order valence-corrected chi connectivity index (χ3v) is 5.10. The topological polar surface area (TPSA) is 159 Å². The van der Waals surface area contributed by atoms with Crippen LogP contribution in [0.1, 0.15) is 34.6 Å². The molecule has 1 rings (SSSR count). The lowest BCUT2D eigenvalue weighted by Gasteiger charge is -2.44. The van der Waals surface area contributed by atoms with E-state index in [1.807, 2.05) is 0 Å². The lowest BCUT2D eigenvalue weighted by atomic mass is 9.98. The van der Waals surface area contributed by atoms with E-state index in [1.54, 1.807) is 6.92 Å². The van der Waals surface area contributed by atoms with Gasteiger partial charge in [0.15, 0.2) is 29.4 Å². The molecular formula is C22H29BrO13. The summed E-state index contributed by atoms with van der Waals surface area (Å²) in [7, 11) is 0. The van der Waals surface area contributed by atoms with Crippen LogP contribution in [-0.4, -0.2) is 91.5 Å². The molecule has 36 heavy (non-hydrogen) atoms. The van der Waals surface area contributed by atoms with Crippen molar-refractivity contribution in [2.75, 3.05) is 19.8 Å². The normalized spacial score (nSPS) is 24.9. The van der Waals surface area contributed by atoms with Gasteiger partial charge >= 0.3 is 29.8 Å². The lowest BCUT2D eigenvalue weighted by Crippen LogP contribution is -2.63. The van der Waals surface area contributed by atoms with E-state index in [2.05, 4.69) is 21.9 Å². The molecule has 7 atom stereocenters. The Labute approximate surface area is 216 Å². The number of hydrogen-bond donors (Lipinski definition) is 0. The van der Waals surface area contributed by atoms with Crippen molar-refractivity contribution in [2.45, 2.75) is 76.4 Å². The highest BCUT2D eigenvalue weighted by Crippen LogP contribution is 2.31. The molecule has 1 fully saturated rings. The first-order valence-corrected chi connectivity index (χ1v) is 11.6. The summed E-state index contributed by atoms with van der Waals surface area (Å²) in [5, 5.41) is 0. The SMILES string of the molecule is C#CCO[C@H](O[C@@H]1O[C@H](COC(C)=O)[C@@H](OC(C)=O)[C@H](OC(C)=O)[C@H]1OC(C)=O)[C@H](Br)C(=O)OCC. The Morgan fingerprint density at radius 3 is 1.94 bits per heavy atom. The highest BCUT2D eigenvalue weighted by molar-refractivity contribution is 9.10. The highest BCUT2D eigenvalue weighted by Gasteiger charge is 2.54. The Kier molecular flexibility index (Phi) is 13.4. The van der Waals surface area contributed by atoms with Crippen LogP contribution < -0.4 is 0 Å². The number of esters is 5. The maximum Gasteiger partial charge on any atom is 0.324 e. The molecular weight excluding hydrogens is 552 g/mol. The van der Waals surface area contributed by atoms with Gasteiger partial charge in [-0.2, -0.15) is 0 Å². The summed E-state index contributed by atoms with van der Waals surface area (Å²) in [4.78, 5) is 58.1. The van der Waals surface area contributed by atoms with E-state index in [9.17, 15) is 24.0 Å². The van der Waals surface area contributed by atoms with Gasteiger partial charge in [-0.05, 0) is 6.92 Å². The van der Waals surface area contributed by atoms with E-state index in [-0.39, 0.29) is 13.2 Å². The van der Waals surface area contributed by atoms with Crippen molar-refractivity contribution in [1.82, 2.24) is 0 Å². The van der Waals surface area contributed by atoms with Gasteiger partial charge in [-0.15, -0.1) is 6.42 Å². The van der Waals surface area contributed by atoms with Crippen molar-refractivity contribution in [3.8, 4) is 12.3 Å². The van der Waals surface area contributed by atoms with Crippen LogP contribution in [0, 0.1) is 12.3 Å². The maximum atomic E-state index is 12.3. The molecule has 0 radical (unpaired) electrons. The molecule has 1 aliphatic heterocycles. The van der Waals surface area contributed by atoms with Gasteiger partial charge < -0.3 is 37.9 Å². The summed E-state index contributed by atoms with van der Waals surface area (Å²) in [6.45, 7) is 5.29. The fraction of sp³-hybridized carbons (Fsp3) is 0.682. The van der Waals surface area contributed by atoms with Crippen LogP contribution in [0.2, 0.25) is 0 Å². The number of carbonyl (C=O) groups excluding carboxylic acids is 5. The molecule has 0 spiro atoms. The van der Waals surface area contributed by atoms with Gasteiger partial charge in [0.2, 0.25) is 6.29 Å². The van der Waals surface area contributed by atoms with Crippen LogP contribution in [0.15, 0.2) is 0 Å². The molecule has 0 N–H and O–H groups in total. The molecule has 0 aromatic heterocycles. The lowest BCUT2D eigenvalue weighted by molar-refractivity contribution is -0.337. The molecule has 1 heterocycles. The molecule has 202 valence electrons. The molecule has 14 heteroatoms. The van der Waals surface area contributed by atoms with Crippen LogP contribution in [0.4, 0.5) is 0 Å². The average molecular weight is 581 g/mol. The predicted octanol–water partition coefficient (Wildman–Crippen LogP) is 0.389. The molecule has 0 aromatic carbocycles. The summed E-state index contributed by atoms with van der Waals surface area (Å²) >= 11 is 3.12. The van der Waals surface area contributed by atoms with Gasteiger partial charge in [-0.1, -0.05) is 21.9 Å². The number of rotatable bonds is 12. The number of terminal acetylenes is 1. The zero-order valence-electron chi connectivity index (χ0n) is 20.4. The van der Waals surface area contributed by atoms with Gasteiger partial charge in [-0.3, -0.25) is 24.0 Å². The second-order valence-corrected chi connectivity index (χ2v) is 8.23. The van der Waals surface area contributed by atoms with E-state index >= 15 is 0 Å². The zero-order chi connectivity index (χ0) is 27.4. The Balaban J connectivity index is 3.46. The fourth-order valence-corrected chi connectivity index (χ4v) is 3.50. The summed E-state index contributed by atoms with van der Waals surface area (Å²) in [6.07, 6.45) is -3.36. The Hall–Kier alpha value is -2.73. The minimum absolute atomic E-state index is 0.0574. The van der Waals surface area contributed by atoms with Gasteiger partial charge in [-0.25, -0.2) is 0 Å². The second-order valence-electron chi connectivity index (χ2n) is 7.24. The minimum atomic E-state index is -1.58.